The van der Waals surface area contributed by atoms with Gasteiger partial charge in [-0.05, 0) is 61.0 Å². The minimum atomic E-state index is -0.801. The minimum Gasteiger partial charge on any atom is -0.497 e. The monoisotopic (exact) mass is 504 g/mol. The minimum absolute atomic E-state index is 0.182. The fourth-order valence-electron chi connectivity index (χ4n) is 4.23. The molecule has 0 atom stereocenters. The van der Waals surface area contributed by atoms with E-state index in [1.807, 2.05) is 59.2 Å². The maximum atomic E-state index is 12.6. The maximum Gasteiger partial charge on any atom is 0.515 e. The van der Waals surface area contributed by atoms with Crippen LogP contribution < -0.4 is 19.9 Å². The molecule has 0 spiro atoms. The first-order chi connectivity index (χ1) is 17.5. The molecule has 36 heavy (non-hydrogen) atoms. The van der Waals surface area contributed by atoms with Gasteiger partial charge in [-0.25, -0.2) is 4.79 Å². The second-order valence-electron chi connectivity index (χ2n) is 7.97. The number of methoxy groups -OCH3 is 2. The van der Waals surface area contributed by atoms with Gasteiger partial charge in [-0.1, -0.05) is 6.07 Å². The molecule has 5 rings (SSSR count). The average molecular weight is 505 g/mol. The second kappa shape index (κ2) is 9.74. The summed E-state index contributed by atoms with van der Waals surface area (Å²) in [6.07, 6.45) is -0.801. The Morgan fingerprint density at radius 3 is 2.61 bits per heavy atom. The Morgan fingerprint density at radius 1 is 1.00 bits per heavy atom. The van der Waals surface area contributed by atoms with Gasteiger partial charge in [0.1, 0.15) is 22.5 Å². The zero-order valence-corrected chi connectivity index (χ0v) is 20.8. The van der Waals surface area contributed by atoms with Gasteiger partial charge in [0.15, 0.2) is 0 Å². The van der Waals surface area contributed by atoms with Gasteiger partial charge in [-0.15, -0.1) is 0 Å². The van der Waals surface area contributed by atoms with E-state index in [0.717, 1.165) is 44.8 Å². The summed E-state index contributed by atoms with van der Waals surface area (Å²) in [5, 5.41) is 0.818. The molecule has 0 aliphatic rings. The number of rotatable bonds is 7. The molecule has 0 bridgehead atoms. The summed E-state index contributed by atoms with van der Waals surface area (Å²) in [7, 11) is 3.22. The lowest BCUT2D eigenvalue weighted by atomic mass is 10.0. The molecule has 9 nitrogen and oxygen atoms in total. The van der Waals surface area contributed by atoms with Crippen LogP contribution in [-0.2, 0) is 11.3 Å². The van der Waals surface area contributed by atoms with Crippen LogP contribution in [0.15, 0.2) is 54.6 Å². The molecule has 0 amide bonds. The topological polar surface area (TPSA) is 111 Å². The van der Waals surface area contributed by atoms with E-state index in [1.54, 1.807) is 21.1 Å². The highest BCUT2D eigenvalue weighted by atomic mass is 32.1. The van der Waals surface area contributed by atoms with Crippen LogP contribution in [0.2, 0.25) is 0 Å². The molecule has 0 aliphatic heterocycles. The fourth-order valence-corrected chi connectivity index (χ4v) is 4.75. The molecule has 2 N–H and O–H groups in total. The summed E-state index contributed by atoms with van der Waals surface area (Å²) in [5.74, 6) is 1.68. The third-order valence-corrected chi connectivity index (χ3v) is 6.40. The largest absolute Gasteiger partial charge is 0.515 e. The zero-order chi connectivity index (χ0) is 25.2. The number of carbonyl (C=O) groups is 1. The van der Waals surface area contributed by atoms with Gasteiger partial charge in [0.2, 0.25) is 5.88 Å². The molecule has 2 aromatic heterocycles. The van der Waals surface area contributed by atoms with Crippen molar-refractivity contribution in [1.29, 1.82) is 0 Å². The van der Waals surface area contributed by atoms with Crippen molar-refractivity contribution < 1.29 is 23.7 Å². The summed E-state index contributed by atoms with van der Waals surface area (Å²) in [5.41, 5.74) is 11.5. The van der Waals surface area contributed by atoms with Crippen LogP contribution in [0.4, 0.5) is 10.5 Å². The van der Waals surface area contributed by atoms with Gasteiger partial charge in [-0.2, -0.15) is 8.75 Å². The van der Waals surface area contributed by atoms with Crippen molar-refractivity contribution in [2.75, 3.05) is 26.6 Å². The molecule has 2 heterocycles. The first-order valence-electron chi connectivity index (χ1n) is 11.2. The Morgan fingerprint density at radius 2 is 1.83 bits per heavy atom. The average Bonchev–Trinajstić information content (AvgIpc) is 3.46. The van der Waals surface area contributed by atoms with E-state index < -0.39 is 6.16 Å². The second-order valence-corrected chi connectivity index (χ2v) is 8.50. The van der Waals surface area contributed by atoms with E-state index in [9.17, 15) is 4.79 Å². The molecule has 0 saturated heterocycles. The molecule has 0 radical (unpaired) electrons. The molecule has 0 unspecified atom stereocenters. The summed E-state index contributed by atoms with van der Waals surface area (Å²) in [6, 6.07) is 16.9. The highest BCUT2D eigenvalue weighted by Crippen LogP contribution is 2.43. The number of hydrogen-bond donors (Lipinski definition) is 1. The molecular formula is C26H24N4O5S. The van der Waals surface area contributed by atoms with E-state index in [2.05, 4.69) is 8.75 Å². The summed E-state index contributed by atoms with van der Waals surface area (Å²) < 4.78 is 32.6. The molecule has 10 heteroatoms. The molecule has 5 aromatic rings. The molecule has 3 aromatic carbocycles. The Bertz CT molecular complexity index is 1580. The van der Waals surface area contributed by atoms with Crippen LogP contribution in [0, 0.1) is 0 Å². The third-order valence-electron chi connectivity index (χ3n) is 5.84. The van der Waals surface area contributed by atoms with Crippen molar-refractivity contribution in [3.8, 4) is 28.5 Å². The van der Waals surface area contributed by atoms with Gasteiger partial charge in [0, 0.05) is 16.6 Å². The zero-order valence-electron chi connectivity index (χ0n) is 20.0. The van der Waals surface area contributed by atoms with E-state index in [1.165, 1.54) is 0 Å². The van der Waals surface area contributed by atoms with Crippen molar-refractivity contribution in [2.24, 2.45) is 0 Å². The number of carbonyl (C=O) groups excluding carboxylic acids is 1. The Hall–Kier alpha value is -4.31. The number of ether oxygens (including phenoxy) is 4. The molecule has 0 aliphatic carbocycles. The Labute approximate surface area is 211 Å². The quantitative estimate of drug-likeness (QED) is 0.229. The number of nitrogens with zero attached hydrogens (tertiary/aromatic N) is 3. The lowest BCUT2D eigenvalue weighted by Gasteiger charge is -2.15. The fraction of sp³-hybridized carbons (Fsp3) is 0.192. The van der Waals surface area contributed by atoms with Crippen molar-refractivity contribution in [2.45, 2.75) is 13.5 Å². The molecule has 0 fully saturated rings. The lowest BCUT2D eigenvalue weighted by molar-refractivity contribution is 0.101. The van der Waals surface area contributed by atoms with E-state index in [0.29, 0.717) is 35.2 Å². The van der Waals surface area contributed by atoms with Crippen LogP contribution in [-0.4, -0.2) is 40.3 Å². The predicted molar refractivity (Wildman–Crippen MR) is 139 cm³/mol. The van der Waals surface area contributed by atoms with Crippen LogP contribution >= 0.6 is 11.7 Å². The van der Waals surface area contributed by atoms with Crippen LogP contribution in [0.1, 0.15) is 12.5 Å². The highest BCUT2D eigenvalue weighted by molar-refractivity contribution is 7.00. The molecule has 184 valence electrons. The van der Waals surface area contributed by atoms with Gasteiger partial charge < -0.3 is 29.2 Å². The normalized spacial score (nSPS) is 11.1. The van der Waals surface area contributed by atoms with Crippen LogP contribution in [0.3, 0.4) is 0 Å². The number of nitrogen functional groups attached to an aromatic ring is 1. The predicted octanol–water partition coefficient (Wildman–Crippen LogP) is 5.50. The van der Waals surface area contributed by atoms with E-state index in [-0.39, 0.29) is 6.61 Å². The summed E-state index contributed by atoms with van der Waals surface area (Å²) in [6.45, 7) is 2.24. The van der Waals surface area contributed by atoms with Gasteiger partial charge in [0.05, 0.1) is 50.2 Å². The van der Waals surface area contributed by atoms with Crippen LogP contribution in [0.5, 0.6) is 17.4 Å². The van der Waals surface area contributed by atoms with Crippen LogP contribution in [0.25, 0.3) is 33.1 Å². The highest BCUT2D eigenvalue weighted by Gasteiger charge is 2.25. The summed E-state index contributed by atoms with van der Waals surface area (Å²) >= 11 is 1.14. The third kappa shape index (κ3) is 4.27. The van der Waals surface area contributed by atoms with E-state index in [4.69, 9.17) is 24.7 Å². The van der Waals surface area contributed by atoms with Crippen molar-refractivity contribution in [3.05, 3.63) is 60.2 Å². The lowest BCUT2D eigenvalue weighted by Crippen LogP contribution is -2.14. The number of benzene rings is 3. The smallest absolute Gasteiger partial charge is 0.497 e. The number of fused-ring (bicyclic) bond motifs is 2. The van der Waals surface area contributed by atoms with Gasteiger partial charge in [0.25, 0.3) is 0 Å². The van der Waals surface area contributed by atoms with Crippen molar-refractivity contribution in [1.82, 2.24) is 13.3 Å². The Balaban J connectivity index is 1.77. The number of anilines is 1. The molecular weight excluding hydrogens is 480 g/mol. The maximum absolute atomic E-state index is 12.6. The van der Waals surface area contributed by atoms with E-state index >= 15 is 0 Å². The number of hydrogen-bond acceptors (Lipinski definition) is 9. The SMILES string of the molecule is CCOC(=O)Oc1c(-c2ccc3nsnc3c2)c2cc(N)ccc2n1Cc1cc(OC)ccc1OC. The van der Waals surface area contributed by atoms with Gasteiger partial charge in [-0.3, -0.25) is 0 Å². The molecule has 0 saturated carbocycles. The first kappa shape index (κ1) is 23.4. The van der Waals surface area contributed by atoms with Gasteiger partial charge >= 0.3 is 6.16 Å². The first-order valence-corrected chi connectivity index (χ1v) is 11.9. The number of aromatic nitrogens is 3. The summed E-state index contributed by atoms with van der Waals surface area (Å²) in [4.78, 5) is 12.6. The van der Waals surface area contributed by atoms with Crippen molar-refractivity contribution >= 4 is 45.5 Å². The standard InChI is InChI=1S/C26H24N4O5S/c1-4-34-26(31)35-25-24(15-5-8-20-21(12-15)29-36-28-20)19-13-17(27)6-9-22(19)30(25)14-16-11-18(32-2)7-10-23(16)33-3/h5-13H,4,14,27H2,1-3H3. The van der Waals surface area contributed by atoms with Crippen molar-refractivity contribution in [3.63, 3.8) is 0 Å². The number of nitrogens with two attached hydrogens (primary N) is 1. The Kier molecular flexibility index (Phi) is 6.34.